The van der Waals surface area contributed by atoms with Gasteiger partial charge in [0.1, 0.15) is 23.2 Å². The highest BCUT2D eigenvalue weighted by Gasteiger charge is 2.55. The summed E-state index contributed by atoms with van der Waals surface area (Å²) < 4.78 is 12.0. The average molecular weight is 513 g/mol. The van der Waals surface area contributed by atoms with Gasteiger partial charge in [-0.3, -0.25) is 14.4 Å². The second-order valence-corrected chi connectivity index (χ2v) is 11.7. The molecule has 1 fully saturated rings. The van der Waals surface area contributed by atoms with Crippen molar-refractivity contribution in [1.82, 2.24) is 0 Å². The zero-order chi connectivity index (χ0) is 27.6. The van der Waals surface area contributed by atoms with Crippen LogP contribution in [0.25, 0.3) is 0 Å². The van der Waals surface area contributed by atoms with Gasteiger partial charge in [-0.2, -0.15) is 0 Å². The van der Waals surface area contributed by atoms with Crippen molar-refractivity contribution in [1.29, 1.82) is 0 Å². The Labute approximate surface area is 217 Å². The van der Waals surface area contributed by atoms with E-state index in [4.69, 9.17) is 9.47 Å². The first-order valence-electron chi connectivity index (χ1n) is 12.7. The van der Waals surface area contributed by atoms with Crippen LogP contribution in [0.2, 0.25) is 0 Å². The lowest BCUT2D eigenvalue weighted by Crippen LogP contribution is -2.53. The van der Waals surface area contributed by atoms with Crippen LogP contribution in [0.5, 0.6) is 11.5 Å². The van der Waals surface area contributed by atoms with Crippen LogP contribution in [0.3, 0.4) is 0 Å². The molecule has 0 radical (unpaired) electrons. The molecule has 1 aliphatic heterocycles. The van der Waals surface area contributed by atoms with Crippen molar-refractivity contribution in [2.24, 2.45) is 23.7 Å². The van der Waals surface area contributed by atoms with Gasteiger partial charge in [-0.25, -0.2) is 0 Å². The maximum absolute atomic E-state index is 13.9. The van der Waals surface area contributed by atoms with Gasteiger partial charge in [0.15, 0.2) is 11.5 Å². The van der Waals surface area contributed by atoms with E-state index in [1.165, 1.54) is 12.1 Å². The van der Waals surface area contributed by atoms with E-state index in [2.05, 4.69) is 6.58 Å². The van der Waals surface area contributed by atoms with Crippen molar-refractivity contribution in [2.75, 3.05) is 6.61 Å². The number of phenolic OH excluding ortho intramolecular Hbond substituents is 2. The van der Waals surface area contributed by atoms with E-state index in [1.807, 2.05) is 20.8 Å². The minimum atomic E-state index is -1.25. The molecule has 1 aromatic carbocycles. The van der Waals surface area contributed by atoms with E-state index in [1.54, 1.807) is 20.8 Å². The minimum absolute atomic E-state index is 0.0575. The summed E-state index contributed by atoms with van der Waals surface area (Å²) in [5.74, 6) is -3.33. The van der Waals surface area contributed by atoms with Crippen molar-refractivity contribution in [2.45, 2.75) is 71.5 Å². The van der Waals surface area contributed by atoms with Gasteiger partial charge in [0.2, 0.25) is 5.78 Å². The first kappa shape index (κ1) is 26.9. The number of phenols is 2. The number of allylic oxidation sites excluding steroid dienone is 2. The second-order valence-electron chi connectivity index (χ2n) is 11.7. The maximum Gasteiger partial charge on any atom is 0.308 e. The van der Waals surface area contributed by atoms with Crippen molar-refractivity contribution >= 4 is 17.5 Å². The van der Waals surface area contributed by atoms with Crippen LogP contribution in [-0.4, -0.2) is 51.2 Å². The molecule has 37 heavy (non-hydrogen) atoms. The molecule has 2 aliphatic carbocycles. The normalized spacial score (nSPS) is 28.0. The molecule has 3 N–H and O–H groups in total. The Bertz CT molecular complexity index is 1220. The van der Waals surface area contributed by atoms with Gasteiger partial charge in [0.25, 0.3) is 0 Å². The molecule has 0 bridgehead atoms. The number of fused-ring (bicyclic) bond motifs is 3. The van der Waals surface area contributed by atoms with Gasteiger partial charge < -0.3 is 24.8 Å². The fourth-order valence-corrected chi connectivity index (χ4v) is 6.03. The van der Waals surface area contributed by atoms with E-state index in [-0.39, 0.29) is 63.8 Å². The minimum Gasteiger partial charge on any atom is -0.507 e. The zero-order valence-electron chi connectivity index (χ0n) is 22.3. The standard InChI is InChI=1S/C29H36O8/c1-8-29(7,12-30)22-18(31)10-16-20(24(22)33)25(34)26-21(23(16)32)15-9-14(4)19(36-27(35)13(2)3)11-17(15)28(5,6)37-26/h8,10,13-15,17,19,30-31,33H,1,9,11-12H2,2-7H3/t14-,15+,17+,19-,29+/m0/s1. The number of ether oxygens (including phenoxy) is 2. The lowest BCUT2D eigenvalue weighted by Gasteiger charge is -2.51. The number of aliphatic hydroxyl groups excluding tert-OH is 1. The summed E-state index contributed by atoms with van der Waals surface area (Å²) in [6.45, 7) is 14.0. The summed E-state index contributed by atoms with van der Waals surface area (Å²) in [5, 5.41) is 31.8. The molecule has 4 rings (SSSR count). The van der Waals surface area contributed by atoms with Crippen LogP contribution in [0.1, 0.15) is 80.7 Å². The molecular weight excluding hydrogens is 476 g/mol. The van der Waals surface area contributed by atoms with Crippen LogP contribution in [0.15, 0.2) is 30.1 Å². The number of carbonyl (C=O) groups excluding carboxylic acids is 3. The predicted octanol–water partition coefficient (Wildman–Crippen LogP) is 4.21. The number of aromatic hydroxyl groups is 2. The fraction of sp³-hybridized carbons (Fsp3) is 0.552. The van der Waals surface area contributed by atoms with Gasteiger partial charge in [-0.1, -0.05) is 26.8 Å². The number of esters is 1. The van der Waals surface area contributed by atoms with Crippen LogP contribution < -0.4 is 0 Å². The van der Waals surface area contributed by atoms with Gasteiger partial charge >= 0.3 is 5.97 Å². The van der Waals surface area contributed by atoms with Crippen molar-refractivity contribution in [3.05, 3.63) is 46.7 Å². The quantitative estimate of drug-likeness (QED) is 0.395. The molecule has 5 atom stereocenters. The Morgan fingerprint density at radius 1 is 1.27 bits per heavy atom. The summed E-state index contributed by atoms with van der Waals surface area (Å²) >= 11 is 0. The number of benzene rings is 1. The number of carbonyl (C=O) groups is 3. The molecule has 1 saturated carbocycles. The molecule has 1 aromatic rings. The number of hydrogen-bond acceptors (Lipinski definition) is 8. The molecule has 0 amide bonds. The molecule has 0 unspecified atom stereocenters. The highest BCUT2D eigenvalue weighted by atomic mass is 16.5. The molecule has 1 heterocycles. The van der Waals surface area contributed by atoms with Crippen LogP contribution in [0, 0.1) is 23.7 Å². The molecule has 0 saturated heterocycles. The third-order valence-corrected chi connectivity index (χ3v) is 8.40. The fourth-order valence-electron chi connectivity index (χ4n) is 6.03. The number of rotatable bonds is 5. The van der Waals surface area contributed by atoms with E-state index < -0.39 is 40.7 Å². The van der Waals surface area contributed by atoms with Gasteiger partial charge in [0.05, 0.1) is 18.1 Å². The van der Waals surface area contributed by atoms with E-state index >= 15 is 0 Å². The monoisotopic (exact) mass is 512 g/mol. The number of Topliss-reactive ketones (excluding diaryl/α,β-unsaturated/α-hetero) is 2. The summed E-state index contributed by atoms with van der Waals surface area (Å²) in [7, 11) is 0. The Morgan fingerprint density at radius 2 is 1.92 bits per heavy atom. The Morgan fingerprint density at radius 3 is 2.49 bits per heavy atom. The van der Waals surface area contributed by atoms with E-state index in [9.17, 15) is 29.7 Å². The molecule has 3 aliphatic rings. The molecular formula is C29H36O8. The van der Waals surface area contributed by atoms with Crippen molar-refractivity contribution < 1.29 is 39.2 Å². The van der Waals surface area contributed by atoms with Crippen molar-refractivity contribution in [3.8, 4) is 11.5 Å². The highest BCUT2D eigenvalue weighted by Crippen LogP contribution is 2.54. The van der Waals surface area contributed by atoms with Gasteiger partial charge in [-0.15, -0.1) is 6.58 Å². The number of aliphatic hydroxyl groups is 1. The lowest BCUT2D eigenvalue weighted by atomic mass is 9.61. The van der Waals surface area contributed by atoms with Gasteiger partial charge in [-0.05, 0) is 51.5 Å². The molecule has 8 nitrogen and oxygen atoms in total. The Hall–Kier alpha value is -3.13. The summed E-state index contributed by atoms with van der Waals surface area (Å²) in [5.41, 5.74) is -2.30. The number of ketones is 2. The second kappa shape index (κ2) is 9.01. The molecule has 0 spiro atoms. The smallest absolute Gasteiger partial charge is 0.308 e. The summed E-state index contributed by atoms with van der Waals surface area (Å²) in [6.07, 6.45) is 2.01. The first-order valence-corrected chi connectivity index (χ1v) is 12.7. The SMILES string of the molecule is C=C[C@](C)(CO)c1c(O)cc2c(c1O)C(=O)C1=C(C2=O)[C@@H]2C[C@H](C)[C@@H](OC(=O)C(C)C)C[C@H]2C(C)(C)O1. The Kier molecular flexibility index (Phi) is 6.56. The summed E-state index contributed by atoms with van der Waals surface area (Å²) in [6, 6.07) is 1.18. The predicted molar refractivity (Wildman–Crippen MR) is 135 cm³/mol. The van der Waals surface area contributed by atoms with Crippen LogP contribution >= 0.6 is 0 Å². The first-order chi connectivity index (χ1) is 17.2. The third kappa shape index (κ3) is 4.06. The van der Waals surface area contributed by atoms with E-state index in [0.717, 1.165) is 0 Å². The van der Waals surface area contributed by atoms with Crippen LogP contribution in [-0.2, 0) is 19.7 Å². The number of hydrogen-bond donors (Lipinski definition) is 3. The van der Waals surface area contributed by atoms with E-state index in [0.29, 0.717) is 12.8 Å². The highest BCUT2D eigenvalue weighted by molar-refractivity contribution is 6.28. The summed E-state index contributed by atoms with van der Waals surface area (Å²) in [4.78, 5) is 39.9. The Balaban J connectivity index is 1.81. The van der Waals surface area contributed by atoms with Crippen molar-refractivity contribution in [3.63, 3.8) is 0 Å². The molecule has 0 aromatic heterocycles. The largest absolute Gasteiger partial charge is 0.507 e. The maximum atomic E-state index is 13.9. The molecule has 8 heteroatoms. The third-order valence-electron chi connectivity index (χ3n) is 8.40. The molecule has 200 valence electrons. The zero-order valence-corrected chi connectivity index (χ0v) is 22.3. The van der Waals surface area contributed by atoms with Crippen LogP contribution in [0.4, 0.5) is 0 Å². The van der Waals surface area contributed by atoms with Gasteiger partial charge in [0, 0.05) is 28.0 Å². The topological polar surface area (TPSA) is 130 Å². The lowest BCUT2D eigenvalue weighted by molar-refractivity contribution is -0.164. The average Bonchev–Trinajstić information content (AvgIpc) is 2.82.